The highest BCUT2D eigenvalue weighted by Crippen LogP contribution is 2.33. The van der Waals surface area contributed by atoms with E-state index < -0.39 is 0 Å². The Labute approximate surface area is 133 Å². The second kappa shape index (κ2) is 6.02. The topological polar surface area (TPSA) is 42.2 Å². The highest BCUT2D eigenvalue weighted by Gasteiger charge is 2.20. The lowest BCUT2D eigenvalue weighted by Crippen LogP contribution is -3.05. The van der Waals surface area contributed by atoms with E-state index in [1.54, 1.807) is 15.9 Å². The van der Waals surface area contributed by atoms with Gasteiger partial charge in [0.2, 0.25) is 0 Å². The van der Waals surface area contributed by atoms with Crippen molar-refractivity contribution in [1.29, 1.82) is 0 Å². The third-order valence-corrected chi connectivity index (χ3v) is 5.68. The first-order valence-corrected chi connectivity index (χ1v) is 8.87. The van der Waals surface area contributed by atoms with Crippen LogP contribution in [-0.4, -0.2) is 30.2 Å². The molecule has 3 rings (SSSR count). The van der Waals surface area contributed by atoms with Crippen molar-refractivity contribution >= 4 is 33.8 Å². The number of nitrogens with one attached hydrogen (secondary N) is 2. The molecule has 1 aliphatic rings. The molecular formula is C15H22N3OS2+. The molecule has 21 heavy (non-hydrogen) atoms. The van der Waals surface area contributed by atoms with Gasteiger partial charge >= 0.3 is 0 Å². The summed E-state index contributed by atoms with van der Waals surface area (Å²) in [7, 11) is 4.25. The van der Waals surface area contributed by atoms with Crippen molar-refractivity contribution in [1.82, 2.24) is 9.55 Å². The van der Waals surface area contributed by atoms with Crippen LogP contribution in [0.3, 0.4) is 0 Å². The summed E-state index contributed by atoms with van der Waals surface area (Å²) in [6.07, 6.45) is 5.55. The van der Waals surface area contributed by atoms with Crippen molar-refractivity contribution in [2.75, 3.05) is 20.6 Å². The van der Waals surface area contributed by atoms with Crippen molar-refractivity contribution in [3.05, 3.63) is 25.6 Å². The van der Waals surface area contributed by atoms with Gasteiger partial charge in [0.1, 0.15) is 4.83 Å². The molecule has 1 aliphatic carbocycles. The lowest BCUT2D eigenvalue weighted by molar-refractivity contribution is -0.858. The maximum absolute atomic E-state index is 12.8. The first-order chi connectivity index (χ1) is 10.1. The first kappa shape index (κ1) is 14.9. The van der Waals surface area contributed by atoms with E-state index in [4.69, 9.17) is 12.2 Å². The number of nitrogens with zero attached hydrogens (tertiary/aromatic N) is 1. The Morgan fingerprint density at radius 1 is 1.33 bits per heavy atom. The van der Waals surface area contributed by atoms with Gasteiger partial charge in [-0.05, 0) is 43.5 Å². The molecule has 0 atom stereocenters. The molecule has 0 bridgehead atoms. The molecule has 6 heteroatoms. The van der Waals surface area contributed by atoms with Crippen LogP contribution in [0.5, 0.6) is 0 Å². The van der Waals surface area contributed by atoms with Gasteiger partial charge in [-0.1, -0.05) is 0 Å². The first-order valence-electron chi connectivity index (χ1n) is 7.64. The Morgan fingerprint density at radius 2 is 2.10 bits per heavy atom. The Bertz CT molecular complexity index is 770. The van der Waals surface area contributed by atoms with E-state index in [1.807, 2.05) is 0 Å². The summed E-state index contributed by atoms with van der Waals surface area (Å²) < 4.78 is 2.32. The molecule has 0 fully saturated rings. The number of aromatic nitrogens is 2. The summed E-state index contributed by atoms with van der Waals surface area (Å²) in [5.41, 5.74) is 1.39. The second-order valence-corrected chi connectivity index (χ2v) is 7.60. The number of thiophene rings is 1. The van der Waals surface area contributed by atoms with Crippen molar-refractivity contribution in [2.24, 2.45) is 0 Å². The van der Waals surface area contributed by atoms with E-state index in [2.05, 4.69) is 19.1 Å². The molecule has 0 saturated carbocycles. The predicted molar refractivity (Wildman–Crippen MR) is 90.2 cm³/mol. The molecule has 2 aromatic heterocycles. The number of quaternary nitrogens is 1. The molecule has 2 N–H and O–H groups in total. The molecule has 0 spiro atoms. The zero-order valence-electron chi connectivity index (χ0n) is 12.6. The van der Waals surface area contributed by atoms with Crippen LogP contribution in [-0.2, 0) is 19.4 Å². The van der Waals surface area contributed by atoms with E-state index in [0.29, 0.717) is 11.3 Å². The fraction of sp³-hybridized carbons (Fsp3) is 0.600. The Morgan fingerprint density at radius 3 is 2.86 bits per heavy atom. The minimum absolute atomic E-state index is 0.113. The van der Waals surface area contributed by atoms with Crippen LogP contribution >= 0.6 is 23.6 Å². The van der Waals surface area contributed by atoms with E-state index in [-0.39, 0.29) is 5.56 Å². The Balaban J connectivity index is 2.05. The number of rotatable bonds is 4. The molecular weight excluding hydrogens is 302 g/mol. The molecule has 114 valence electrons. The van der Waals surface area contributed by atoms with E-state index in [1.165, 1.54) is 28.2 Å². The monoisotopic (exact) mass is 324 g/mol. The second-order valence-electron chi connectivity index (χ2n) is 6.11. The minimum Gasteiger partial charge on any atom is -0.340 e. The van der Waals surface area contributed by atoms with Gasteiger partial charge in [0.15, 0.2) is 4.77 Å². The number of H-pyrrole nitrogens is 1. The van der Waals surface area contributed by atoms with Crippen LogP contribution in [0.25, 0.3) is 10.2 Å². The molecule has 0 aromatic carbocycles. The summed E-state index contributed by atoms with van der Waals surface area (Å²) in [5.74, 6) is 0. The van der Waals surface area contributed by atoms with Gasteiger partial charge in [0.05, 0.1) is 26.0 Å². The van der Waals surface area contributed by atoms with Gasteiger partial charge in [-0.2, -0.15) is 0 Å². The fourth-order valence-electron chi connectivity index (χ4n) is 3.07. The lowest BCUT2D eigenvalue weighted by atomic mass is 9.97. The summed E-state index contributed by atoms with van der Waals surface area (Å²) >= 11 is 7.12. The van der Waals surface area contributed by atoms with Crippen molar-refractivity contribution in [3.63, 3.8) is 0 Å². The zero-order valence-corrected chi connectivity index (χ0v) is 14.3. The molecule has 0 aliphatic heterocycles. The largest absolute Gasteiger partial charge is 0.340 e. The third kappa shape index (κ3) is 2.84. The van der Waals surface area contributed by atoms with Crippen LogP contribution in [0, 0.1) is 4.77 Å². The number of aromatic amines is 1. The van der Waals surface area contributed by atoms with Gasteiger partial charge in [0.25, 0.3) is 5.56 Å². The van der Waals surface area contributed by atoms with Crippen molar-refractivity contribution in [3.8, 4) is 0 Å². The van der Waals surface area contributed by atoms with E-state index >= 15 is 0 Å². The molecule has 0 amide bonds. The number of fused-ring (bicyclic) bond motifs is 3. The molecule has 0 unspecified atom stereocenters. The van der Waals surface area contributed by atoms with E-state index in [9.17, 15) is 4.79 Å². The average molecular weight is 324 g/mol. The Hall–Kier alpha value is -0.980. The number of hydrogen-bond acceptors (Lipinski definition) is 3. The van der Waals surface area contributed by atoms with Crippen LogP contribution in [0.15, 0.2) is 4.79 Å². The summed E-state index contributed by atoms with van der Waals surface area (Å²) in [5, 5.41) is 0.903. The maximum atomic E-state index is 12.8. The molecule has 2 aromatic rings. The van der Waals surface area contributed by atoms with Gasteiger partial charge in [0, 0.05) is 17.8 Å². The lowest BCUT2D eigenvalue weighted by Gasteiger charge is -2.11. The number of aryl methyl sites for hydroxylation is 2. The van der Waals surface area contributed by atoms with Crippen molar-refractivity contribution < 1.29 is 4.90 Å². The van der Waals surface area contributed by atoms with Crippen LogP contribution < -0.4 is 10.5 Å². The normalized spacial score (nSPS) is 14.8. The zero-order chi connectivity index (χ0) is 15.0. The van der Waals surface area contributed by atoms with Gasteiger partial charge in [-0.25, -0.2) is 0 Å². The van der Waals surface area contributed by atoms with Crippen LogP contribution in [0.1, 0.15) is 29.7 Å². The van der Waals surface area contributed by atoms with E-state index in [0.717, 1.165) is 36.0 Å². The summed E-state index contributed by atoms with van der Waals surface area (Å²) in [6.45, 7) is 1.75. The maximum Gasteiger partial charge on any atom is 0.263 e. The molecule has 2 heterocycles. The SMILES string of the molecule is C[NH+](C)CCCn1c(=S)[nH]c2sc3c(c2c1=O)CCCC3. The predicted octanol–water partition coefficient (Wildman–Crippen LogP) is 1.53. The third-order valence-electron chi connectivity index (χ3n) is 4.15. The fourth-order valence-corrected chi connectivity index (χ4v) is 4.69. The van der Waals surface area contributed by atoms with Crippen LogP contribution in [0.2, 0.25) is 0 Å². The smallest absolute Gasteiger partial charge is 0.263 e. The number of hydrogen-bond donors (Lipinski definition) is 2. The highest BCUT2D eigenvalue weighted by atomic mass is 32.1. The van der Waals surface area contributed by atoms with Gasteiger partial charge < -0.3 is 9.88 Å². The minimum atomic E-state index is 0.113. The standard InChI is InChI=1S/C15H21N3OS2/c1-17(2)8-5-9-18-14(19)12-10-6-3-4-7-11(10)21-13(12)16-15(18)20/h3-9H2,1-2H3,(H,16,20)/p+1. The summed E-state index contributed by atoms with van der Waals surface area (Å²) in [6, 6.07) is 0. The van der Waals surface area contributed by atoms with Crippen LogP contribution in [0.4, 0.5) is 0 Å². The highest BCUT2D eigenvalue weighted by molar-refractivity contribution is 7.71. The quantitative estimate of drug-likeness (QED) is 0.838. The summed E-state index contributed by atoms with van der Waals surface area (Å²) in [4.78, 5) is 19.9. The van der Waals surface area contributed by atoms with Crippen molar-refractivity contribution in [2.45, 2.75) is 38.6 Å². The Kier molecular flexibility index (Phi) is 4.28. The average Bonchev–Trinajstić information content (AvgIpc) is 2.80. The molecule has 4 nitrogen and oxygen atoms in total. The molecule has 0 saturated heterocycles. The van der Waals surface area contributed by atoms with Gasteiger partial charge in [-0.15, -0.1) is 11.3 Å². The van der Waals surface area contributed by atoms with Gasteiger partial charge in [-0.3, -0.25) is 9.36 Å². The molecule has 0 radical (unpaired) electrons.